The van der Waals surface area contributed by atoms with E-state index in [1.165, 1.54) is 0 Å². The second-order valence-corrected chi connectivity index (χ2v) is 7.13. The zero-order valence-electron chi connectivity index (χ0n) is 17.6. The maximum Gasteiger partial charge on any atom is 0.374 e. The molecule has 0 saturated heterocycles. The molecule has 1 aromatic carbocycles. The zero-order chi connectivity index (χ0) is 21.8. The van der Waals surface area contributed by atoms with Gasteiger partial charge in [0.1, 0.15) is 5.52 Å². The minimum atomic E-state index is -1.17. The molecule has 3 aromatic rings. The molecule has 0 aliphatic carbocycles. The first kappa shape index (κ1) is 21.3. The minimum absolute atomic E-state index is 0.0197. The molecule has 0 aliphatic heterocycles. The average Bonchev–Trinajstić information content (AvgIpc) is 3.09. The molecule has 0 amide bonds. The van der Waals surface area contributed by atoms with E-state index in [1.54, 1.807) is 14.2 Å². The second kappa shape index (κ2) is 8.92. The van der Waals surface area contributed by atoms with Gasteiger partial charge in [-0.1, -0.05) is 42.5 Å². The molecule has 2 aromatic heterocycles. The first-order chi connectivity index (χ1) is 14.3. The predicted octanol–water partition coefficient (Wildman–Crippen LogP) is 4.29. The number of hydrogen-bond acceptors (Lipinski definition) is 5. The van der Waals surface area contributed by atoms with E-state index < -0.39 is 5.97 Å². The van der Waals surface area contributed by atoms with Gasteiger partial charge in [-0.3, -0.25) is 0 Å². The summed E-state index contributed by atoms with van der Waals surface area (Å²) in [4.78, 5) is 19.9. The number of carboxylic acid groups (broad SMARTS) is 1. The molecule has 1 atom stereocenters. The van der Waals surface area contributed by atoms with Crippen LogP contribution in [0.1, 0.15) is 23.1 Å². The third-order valence-electron chi connectivity index (χ3n) is 4.82. The number of fused-ring (bicyclic) bond motifs is 1. The summed E-state index contributed by atoms with van der Waals surface area (Å²) in [6.45, 7) is 8.65. The highest BCUT2D eigenvalue weighted by Gasteiger charge is 2.19. The van der Waals surface area contributed by atoms with Crippen LogP contribution in [0.3, 0.4) is 0 Å². The van der Waals surface area contributed by atoms with Crippen molar-refractivity contribution in [2.75, 3.05) is 19.5 Å². The van der Waals surface area contributed by atoms with Gasteiger partial charge in [0.15, 0.2) is 5.82 Å². The summed E-state index contributed by atoms with van der Waals surface area (Å²) >= 11 is 0. The fourth-order valence-electron chi connectivity index (χ4n) is 3.25. The van der Waals surface area contributed by atoms with Gasteiger partial charge in [-0.2, -0.15) is 0 Å². The summed E-state index contributed by atoms with van der Waals surface area (Å²) in [6, 6.07) is 10.0. The number of nitrogens with zero attached hydrogens (tertiary/aromatic N) is 3. The number of carboxylic acids is 1. The number of methoxy groups -OCH3 is 1. The van der Waals surface area contributed by atoms with E-state index in [2.05, 4.69) is 32.5 Å². The van der Waals surface area contributed by atoms with Gasteiger partial charge in [-0.25, -0.2) is 14.8 Å². The Morgan fingerprint density at radius 2 is 2.13 bits per heavy atom. The number of rotatable bonds is 8. The van der Waals surface area contributed by atoms with Gasteiger partial charge in [-0.05, 0) is 37.1 Å². The molecule has 0 fully saturated rings. The normalized spacial score (nSPS) is 12.4. The molecule has 0 aliphatic rings. The number of aryl methyl sites for hydroxylation is 1. The molecule has 0 bridgehead atoms. The van der Waals surface area contributed by atoms with Crippen molar-refractivity contribution in [3.8, 4) is 11.3 Å². The van der Waals surface area contributed by atoms with Crippen molar-refractivity contribution in [1.82, 2.24) is 14.5 Å². The lowest BCUT2D eigenvalue weighted by molar-refractivity contribution is 0.0684. The first-order valence-electron chi connectivity index (χ1n) is 9.62. The van der Waals surface area contributed by atoms with E-state index >= 15 is 0 Å². The third-order valence-corrected chi connectivity index (χ3v) is 4.82. The van der Waals surface area contributed by atoms with Crippen molar-refractivity contribution >= 4 is 22.8 Å². The number of allylic oxidation sites excluding steroid dienone is 2. The number of ether oxygens (including phenoxy) is 1. The lowest BCUT2D eigenvalue weighted by atomic mass is 10.1. The fourth-order valence-corrected chi connectivity index (χ4v) is 3.25. The quantitative estimate of drug-likeness (QED) is 0.543. The summed E-state index contributed by atoms with van der Waals surface area (Å²) in [5.74, 6) is -0.954. The molecule has 2 heterocycles. The molecule has 0 radical (unpaired) electrons. The number of carbonyl (C=O) groups is 1. The highest BCUT2D eigenvalue weighted by Crippen LogP contribution is 2.32. The Balaban J connectivity index is 2.20. The molecular weight excluding hydrogens is 380 g/mol. The van der Waals surface area contributed by atoms with Gasteiger partial charge in [-0.15, -0.1) is 0 Å². The second-order valence-electron chi connectivity index (χ2n) is 7.13. The highest BCUT2D eigenvalue weighted by atomic mass is 16.5. The van der Waals surface area contributed by atoms with Crippen molar-refractivity contribution < 1.29 is 14.6 Å². The SMILES string of the molecule is C=C(/C=C\C(C)OC)Cn1c(-c2cccc(C)c2)cc2nc(C(=O)O)nc(NC)c21. The number of nitrogens with one attached hydrogen (secondary N) is 1. The third kappa shape index (κ3) is 4.41. The van der Waals surface area contributed by atoms with Crippen LogP contribution in [0.25, 0.3) is 22.3 Å². The van der Waals surface area contributed by atoms with Crippen LogP contribution in [0.15, 0.2) is 54.6 Å². The standard InChI is InChI=1S/C23H26N4O3/c1-14-7-6-8-17(11-14)19-12-18-20(21(24-4)26-22(25-18)23(28)29)27(19)13-15(2)9-10-16(3)30-5/h6-12,16H,2,13H2,1,3-5H3,(H,28,29)(H,24,25,26)/b10-9-. The molecule has 1 unspecified atom stereocenters. The van der Waals surface area contributed by atoms with E-state index in [4.69, 9.17) is 4.74 Å². The van der Waals surface area contributed by atoms with Gasteiger partial charge in [0.05, 0.1) is 17.3 Å². The predicted molar refractivity (Wildman–Crippen MR) is 119 cm³/mol. The maximum absolute atomic E-state index is 11.5. The van der Waals surface area contributed by atoms with Gasteiger partial charge in [0, 0.05) is 20.7 Å². The average molecular weight is 406 g/mol. The van der Waals surface area contributed by atoms with Crippen molar-refractivity contribution in [2.24, 2.45) is 0 Å². The Morgan fingerprint density at radius 3 is 2.77 bits per heavy atom. The van der Waals surface area contributed by atoms with Crippen LogP contribution in [0.5, 0.6) is 0 Å². The maximum atomic E-state index is 11.5. The summed E-state index contributed by atoms with van der Waals surface area (Å²) < 4.78 is 7.33. The molecule has 3 rings (SSSR count). The van der Waals surface area contributed by atoms with E-state index in [0.717, 1.165) is 27.9 Å². The zero-order valence-corrected chi connectivity index (χ0v) is 17.6. The van der Waals surface area contributed by atoms with Crippen LogP contribution in [-0.4, -0.2) is 45.9 Å². The molecule has 156 valence electrons. The van der Waals surface area contributed by atoms with E-state index in [9.17, 15) is 9.90 Å². The Labute approximate surface area is 175 Å². The van der Waals surface area contributed by atoms with Crippen molar-refractivity contribution in [3.05, 3.63) is 66.0 Å². The van der Waals surface area contributed by atoms with Crippen LogP contribution in [0, 0.1) is 6.92 Å². The number of aromatic nitrogens is 3. The van der Waals surface area contributed by atoms with Gasteiger partial charge >= 0.3 is 5.97 Å². The highest BCUT2D eigenvalue weighted by molar-refractivity contribution is 5.95. The summed E-state index contributed by atoms with van der Waals surface area (Å²) in [5, 5.41) is 12.4. The summed E-state index contributed by atoms with van der Waals surface area (Å²) in [7, 11) is 3.37. The van der Waals surface area contributed by atoms with Crippen molar-refractivity contribution in [1.29, 1.82) is 0 Å². The Morgan fingerprint density at radius 1 is 1.37 bits per heavy atom. The topological polar surface area (TPSA) is 89.3 Å². The van der Waals surface area contributed by atoms with Crippen molar-refractivity contribution in [2.45, 2.75) is 26.5 Å². The lowest BCUT2D eigenvalue weighted by Crippen LogP contribution is -2.09. The lowest BCUT2D eigenvalue weighted by Gasteiger charge is -2.14. The van der Waals surface area contributed by atoms with E-state index in [1.807, 2.05) is 50.3 Å². The van der Waals surface area contributed by atoms with Crippen LogP contribution in [0.4, 0.5) is 5.82 Å². The minimum Gasteiger partial charge on any atom is -0.475 e. The smallest absolute Gasteiger partial charge is 0.374 e. The van der Waals surface area contributed by atoms with Gasteiger partial charge < -0.3 is 19.7 Å². The van der Waals surface area contributed by atoms with Crippen LogP contribution in [0.2, 0.25) is 0 Å². The molecule has 30 heavy (non-hydrogen) atoms. The van der Waals surface area contributed by atoms with Gasteiger partial charge in [0.25, 0.3) is 0 Å². The number of hydrogen-bond donors (Lipinski definition) is 2. The summed E-state index contributed by atoms with van der Waals surface area (Å²) in [5.41, 5.74) is 5.21. The van der Waals surface area contributed by atoms with E-state index in [-0.39, 0.29) is 11.9 Å². The van der Waals surface area contributed by atoms with Crippen LogP contribution in [-0.2, 0) is 11.3 Å². The largest absolute Gasteiger partial charge is 0.475 e. The Hall–Kier alpha value is -3.45. The molecule has 0 spiro atoms. The monoisotopic (exact) mass is 406 g/mol. The Kier molecular flexibility index (Phi) is 6.32. The molecule has 2 N–H and O–H groups in total. The van der Waals surface area contributed by atoms with E-state index in [0.29, 0.717) is 17.9 Å². The Bertz CT molecular complexity index is 1130. The molecule has 0 saturated carbocycles. The summed E-state index contributed by atoms with van der Waals surface area (Å²) in [6.07, 6.45) is 3.86. The molecule has 7 heteroatoms. The fraction of sp³-hybridized carbons (Fsp3) is 0.261. The van der Waals surface area contributed by atoms with Crippen LogP contribution >= 0.6 is 0 Å². The number of aromatic carboxylic acids is 1. The van der Waals surface area contributed by atoms with Crippen molar-refractivity contribution in [3.63, 3.8) is 0 Å². The van der Waals surface area contributed by atoms with Crippen LogP contribution < -0.4 is 5.32 Å². The molecular formula is C23H26N4O3. The molecule has 7 nitrogen and oxygen atoms in total. The first-order valence-corrected chi connectivity index (χ1v) is 9.62. The van der Waals surface area contributed by atoms with Gasteiger partial charge in [0.2, 0.25) is 5.82 Å². The number of benzene rings is 1. The number of anilines is 1.